The van der Waals surface area contributed by atoms with Crippen LogP contribution < -0.4 is 0 Å². The van der Waals surface area contributed by atoms with E-state index in [9.17, 15) is 9.59 Å². The van der Waals surface area contributed by atoms with Gasteiger partial charge in [0.25, 0.3) is 0 Å². The van der Waals surface area contributed by atoms with E-state index in [4.69, 9.17) is 4.74 Å². The van der Waals surface area contributed by atoms with Gasteiger partial charge in [-0.1, -0.05) is 42.5 Å². The molecule has 112 valence electrons. The normalized spacial score (nSPS) is 11.3. The van der Waals surface area contributed by atoms with Gasteiger partial charge in [0.15, 0.2) is 0 Å². The molecule has 0 N–H and O–H groups in total. The minimum Gasteiger partial charge on any atom is -0.468 e. The maximum atomic E-state index is 12.6. The Morgan fingerprint density at radius 3 is 2.43 bits per heavy atom. The summed E-state index contributed by atoms with van der Waals surface area (Å²) < 4.78 is 4.70. The standard InChI is InChI=1S/C17H21NO3/c1-4-9-15(17(20)21-3)16(19)18(12-5-2)13-14-10-7-6-8-11-14/h4-8,10-11,15H,1-2,9,12-13H2,3H3. The van der Waals surface area contributed by atoms with Gasteiger partial charge in [0.05, 0.1) is 7.11 Å². The van der Waals surface area contributed by atoms with E-state index in [1.807, 2.05) is 30.3 Å². The molecule has 1 unspecified atom stereocenters. The van der Waals surface area contributed by atoms with Crippen molar-refractivity contribution in [2.75, 3.05) is 13.7 Å². The molecule has 1 aromatic carbocycles. The molecule has 0 heterocycles. The summed E-state index contributed by atoms with van der Waals surface area (Å²) in [6.07, 6.45) is 3.45. The van der Waals surface area contributed by atoms with Crippen LogP contribution in [-0.4, -0.2) is 30.4 Å². The van der Waals surface area contributed by atoms with Gasteiger partial charge < -0.3 is 9.64 Å². The van der Waals surface area contributed by atoms with Gasteiger partial charge in [-0.05, 0) is 12.0 Å². The highest BCUT2D eigenvalue weighted by Crippen LogP contribution is 2.14. The molecule has 0 spiro atoms. The fourth-order valence-electron chi connectivity index (χ4n) is 2.02. The predicted molar refractivity (Wildman–Crippen MR) is 82.4 cm³/mol. The van der Waals surface area contributed by atoms with E-state index in [1.54, 1.807) is 17.1 Å². The van der Waals surface area contributed by atoms with E-state index in [-0.39, 0.29) is 12.3 Å². The lowest BCUT2D eigenvalue weighted by atomic mass is 10.0. The van der Waals surface area contributed by atoms with Crippen molar-refractivity contribution in [3.63, 3.8) is 0 Å². The second kappa shape index (κ2) is 8.74. The second-order valence-corrected chi connectivity index (χ2v) is 4.59. The van der Waals surface area contributed by atoms with Gasteiger partial charge in [-0.2, -0.15) is 0 Å². The SMILES string of the molecule is C=CCC(C(=O)OC)C(=O)N(CC=C)Cc1ccccc1. The van der Waals surface area contributed by atoms with Crippen LogP contribution in [-0.2, 0) is 20.9 Å². The molecule has 0 aliphatic heterocycles. The Balaban J connectivity index is 2.91. The molecule has 1 aromatic rings. The highest BCUT2D eigenvalue weighted by atomic mass is 16.5. The number of hydrogen-bond acceptors (Lipinski definition) is 3. The number of nitrogens with zero attached hydrogens (tertiary/aromatic N) is 1. The molecule has 0 radical (unpaired) electrons. The zero-order valence-corrected chi connectivity index (χ0v) is 12.3. The Labute approximate surface area is 125 Å². The minimum atomic E-state index is -0.851. The lowest BCUT2D eigenvalue weighted by molar-refractivity contribution is -0.153. The zero-order valence-electron chi connectivity index (χ0n) is 12.3. The number of benzene rings is 1. The van der Waals surface area contributed by atoms with Crippen LogP contribution in [0.4, 0.5) is 0 Å². The van der Waals surface area contributed by atoms with Crippen molar-refractivity contribution in [3.05, 3.63) is 61.2 Å². The fourth-order valence-corrected chi connectivity index (χ4v) is 2.02. The Hall–Kier alpha value is -2.36. The van der Waals surface area contributed by atoms with E-state index in [0.29, 0.717) is 13.1 Å². The molecule has 0 saturated carbocycles. The molecule has 1 atom stereocenters. The van der Waals surface area contributed by atoms with Gasteiger partial charge >= 0.3 is 5.97 Å². The van der Waals surface area contributed by atoms with Gasteiger partial charge in [0.1, 0.15) is 5.92 Å². The van der Waals surface area contributed by atoms with Gasteiger partial charge in [-0.15, -0.1) is 13.2 Å². The van der Waals surface area contributed by atoms with Gasteiger partial charge in [0, 0.05) is 13.1 Å². The first-order valence-electron chi connectivity index (χ1n) is 6.76. The van der Waals surface area contributed by atoms with E-state index < -0.39 is 11.9 Å². The number of amides is 1. The second-order valence-electron chi connectivity index (χ2n) is 4.59. The number of ether oxygens (including phenoxy) is 1. The number of allylic oxidation sites excluding steroid dienone is 1. The van der Waals surface area contributed by atoms with Crippen molar-refractivity contribution in [1.29, 1.82) is 0 Å². The van der Waals surface area contributed by atoms with Crippen molar-refractivity contribution in [2.45, 2.75) is 13.0 Å². The van der Waals surface area contributed by atoms with E-state index in [0.717, 1.165) is 5.56 Å². The Kier molecular flexibility index (Phi) is 6.95. The molecule has 0 aliphatic carbocycles. The molecular weight excluding hydrogens is 266 g/mol. The van der Waals surface area contributed by atoms with Gasteiger partial charge in [0.2, 0.25) is 5.91 Å². The highest BCUT2D eigenvalue weighted by molar-refractivity contribution is 5.98. The average Bonchev–Trinajstić information content (AvgIpc) is 2.52. The molecule has 0 saturated heterocycles. The molecule has 1 rings (SSSR count). The smallest absolute Gasteiger partial charge is 0.318 e. The third-order valence-corrected chi connectivity index (χ3v) is 3.06. The quantitative estimate of drug-likeness (QED) is 0.419. The third kappa shape index (κ3) is 4.91. The lowest BCUT2D eigenvalue weighted by Gasteiger charge is -2.25. The molecule has 4 heteroatoms. The highest BCUT2D eigenvalue weighted by Gasteiger charge is 2.30. The monoisotopic (exact) mass is 287 g/mol. The number of rotatable bonds is 8. The van der Waals surface area contributed by atoms with Crippen molar-refractivity contribution < 1.29 is 14.3 Å². The molecule has 1 amide bonds. The maximum Gasteiger partial charge on any atom is 0.318 e. The fraction of sp³-hybridized carbons (Fsp3) is 0.294. The summed E-state index contributed by atoms with van der Waals surface area (Å²) in [5.41, 5.74) is 0.995. The number of carbonyl (C=O) groups is 2. The summed E-state index contributed by atoms with van der Waals surface area (Å²) in [6, 6.07) is 9.60. The topological polar surface area (TPSA) is 46.6 Å². The Morgan fingerprint density at radius 1 is 1.24 bits per heavy atom. The average molecular weight is 287 g/mol. The number of methoxy groups -OCH3 is 1. The summed E-state index contributed by atoms with van der Waals surface area (Å²) in [7, 11) is 1.28. The van der Waals surface area contributed by atoms with Crippen molar-refractivity contribution >= 4 is 11.9 Å². The summed E-state index contributed by atoms with van der Waals surface area (Å²) in [5, 5.41) is 0. The van der Waals surface area contributed by atoms with Gasteiger partial charge in [-0.25, -0.2) is 0 Å². The summed E-state index contributed by atoms with van der Waals surface area (Å²) in [4.78, 5) is 25.9. The van der Waals surface area contributed by atoms with Crippen LogP contribution in [0.1, 0.15) is 12.0 Å². The molecule has 0 aromatic heterocycles. The molecule has 21 heavy (non-hydrogen) atoms. The summed E-state index contributed by atoms with van der Waals surface area (Å²) in [6.45, 7) is 8.06. The Morgan fingerprint density at radius 2 is 1.90 bits per heavy atom. The number of esters is 1. The van der Waals surface area contributed by atoms with Crippen LogP contribution in [0, 0.1) is 5.92 Å². The maximum absolute atomic E-state index is 12.6. The number of carbonyl (C=O) groups excluding carboxylic acids is 2. The van der Waals surface area contributed by atoms with E-state index >= 15 is 0 Å². The third-order valence-electron chi connectivity index (χ3n) is 3.06. The van der Waals surface area contributed by atoms with Crippen LogP contribution in [0.3, 0.4) is 0 Å². The van der Waals surface area contributed by atoms with Crippen LogP contribution in [0.2, 0.25) is 0 Å². The Bertz CT molecular complexity index is 496. The van der Waals surface area contributed by atoms with E-state index in [2.05, 4.69) is 13.2 Å². The van der Waals surface area contributed by atoms with E-state index in [1.165, 1.54) is 7.11 Å². The van der Waals surface area contributed by atoms with Crippen LogP contribution >= 0.6 is 0 Å². The van der Waals surface area contributed by atoms with Crippen molar-refractivity contribution in [2.24, 2.45) is 5.92 Å². The van der Waals surface area contributed by atoms with Crippen molar-refractivity contribution in [3.8, 4) is 0 Å². The first kappa shape index (κ1) is 16.7. The molecular formula is C17H21NO3. The molecule has 0 bridgehead atoms. The molecule has 0 fully saturated rings. The largest absolute Gasteiger partial charge is 0.468 e. The van der Waals surface area contributed by atoms with Gasteiger partial charge in [-0.3, -0.25) is 9.59 Å². The summed E-state index contributed by atoms with van der Waals surface area (Å²) >= 11 is 0. The lowest BCUT2D eigenvalue weighted by Crippen LogP contribution is -2.39. The zero-order chi connectivity index (χ0) is 15.7. The minimum absolute atomic E-state index is 0.258. The first-order chi connectivity index (χ1) is 10.1. The summed E-state index contributed by atoms with van der Waals surface area (Å²) in [5.74, 6) is -1.66. The molecule has 0 aliphatic rings. The first-order valence-corrected chi connectivity index (χ1v) is 6.76. The predicted octanol–water partition coefficient (Wildman–Crippen LogP) is 2.57. The van der Waals surface area contributed by atoms with Crippen molar-refractivity contribution in [1.82, 2.24) is 4.90 Å². The van der Waals surface area contributed by atoms with Crippen LogP contribution in [0.5, 0.6) is 0 Å². The molecule has 4 nitrogen and oxygen atoms in total. The number of hydrogen-bond donors (Lipinski definition) is 0. The van der Waals surface area contributed by atoms with Crippen LogP contribution in [0.25, 0.3) is 0 Å². The van der Waals surface area contributed by atoms with Crippen LogP contribution in [0.15, 0.2) is 55.6 Å².